The lowest BCUT2D eigenvalue weighted by molar-refractivity contribution is -0.385. The summed E-state index contributed by atoms with van der Waals surface area (Å²) in [5.74, 6) is -1.45. The van der Waals surface area contributed by atoms with Gasteiger partial charge in [0.05, 0.1) is 30.4 Å². The summed E-state index contributed by atoms with van der Waals surface area (Å²) in [5, 5.41) is 11.1. The smallest absolute Gasteiger partial charge is 0.355 e. The van der Waals surface area contributed by atoms with Crippen molar-refractivity contribution in [1.29, 1.82) is 0 Å². The number of non-ortho nitro benzene ring substituents is 1. The van der Waals surface area contributed by atoms with E-state index in [0.29, 0.717) is 12.8 Å². The van der Waals surface area contributed by atoms with Gasteiger partial charge in [0, 0.05) is 25.5 Å². The van der Waals surface area contributed by atoms with Gasteiger partial charge in [-0.25, -0.2) is 9.59 Å². The van der Waals surface area contributed by atoms with E-state index in [4.69, 9.17) is 9.47 Å². The quantitative estimate of drug-likeness (QED) is 0.233. The fraction of sp³-hybridized carbons (Fsp3) is 0.125. The number of hydrogen-bond donors (Lipinski definition) is 0. The highest BCUT2D eigenvalue weighted by molar-refractivity contribution is 14.1. The van der Waals surface area contributed by atoms with Crippen LogP contribution in [0.15, 0.2) is 47.8 Å². The molecule has 0 aromatic heterocycles. The van der Waals surface area contributed by atoms with Crippen LogP contribution in [0, 0.1) is 17.3 Å². The zero-order valence-corrected chi connectivity index (χ0v) is 17.9. The van der Waals surface area contributed by atoms with Gasteiger partial charge in [-0.2, -0.15) is 0 Å². The lowest BCUT2D eigenvalue weighted by atomic mass is 10.1. The third kappa shape index (κ3) is 4.06. The Kier molecular flexibility index (Phi) is 6.75. The third-order valence-electron chi connectivity index (χ3n) is 3.34. The van der Waals surface area contributed by atoms with E-state index in [0.717, 1.165) is 0 Å². The molecule has 136 valence electrons. The average Bonchev–Trinajstić information content (AvgIpc) is 2.82. The molecule has 0 aliphatic carbocycles. The SMILES string of the molecule is COC(=O)C1=C(C(=O)OC)N(c2c(I)cc([N+](=O)[O-])cc2I)C=CC=C1. The largest absolute Gasteiger partial charge is 0.465 e. The van der Waals surface area contributed by atoms with Crippen LogP contribution in [0.3, 0.4) is 0 Å². The predicted octanol–water partition coefficient (Wildman–Crippen LogP) is 3.29. The summed E-state index contributed by atoms with van der Waals surface area (Å²) in [6, 6.07) is 2.77. The lowest BCUT2D eigenvalue weighted by Crippen LogP contribution is -2.28. The Morgan fingerprint density at radius 1 is 1.08 bits per heavy atom. The summed E-state index contributed by atoms with van der Waals surface area (Å²) in [7, 11) is 2.41. The van der Waals surface area contributed by atoms with Crippen LogP contribution < -0.4 is 4.90 Å². The summed E-state index contributed by atoms with van der Waals surface area (Å²) in [6.45, 7) is 0. The topological polar surface area (TPSA) is 99.0 Å². The van der Waals surface area contributed by atoms with Crippen molar-refractivity contribution in [2.24, 2.45) is 0 Å². The molecule has 0 radical (unpaired) electrons. The molecule has 26 heavy (non-hydrogen) atoms. The molecule has 1 aromatic carbocycles. The molecule has 10 heteroatoms. The molecular weight excluding hydrogens is 570 g/mol. The highest BCUT2D eigenvalue weighted by atomic mass is 127. The molecule has 0 atom stereocenters. The minimum absolute atomic E-state index is 0.00861. The summed E-state index contributed by atoms with van der Waals surface area (Å²) in [4.78, 5) is 36.6. The van der Waals surface area contributed by atoms with Gasteiger partial charge in [0.1, 0.15) is 5.70 Å². The monoisotopic (exact) mass is 582 g/mol. The zero-order chi connectivity index (χ0) is 19.4. The Balaban J connectivity index is 2.76. The number of rotatable bonds is 4. The maximum atomic E-state index is 12.4. The zero-order valence-electron chi connectivity index (χ0n) is 13.6. The third-order valence-corrected chi connectivity index (χ3v) is 4.99. The Morgan fingerprint density at radius 2 is 1.65 bits per heavy atom. The fourth-order valence-corrected chi connectivity index (χ4v) is 4.48. The number of methoxy groups -OCH3 is 2. The predicted molar refractivity (Wildman–Crippen MR) is 110 cm³/mol. The van der Waals surface area contributed by atoms with Crippen LogP contribution >= 0.6 is 45.2 Å². The van der Waals surface area contributed by atoms with Crippen LogP contribution in [-0.2, 0) is 19.1 Å². The van der Waals surface area contributed by atoms with Gasteiger partial charge in [0.2, 0.25) is 0 Å². The van der Waals surface area contributed by atoms with Crippen LogP contribution in [-0.4, -0.2) is 31.1 Å². The molecule has 1 aliphatic heterocycles. The molecule has 0 saturated carbocycles. The highest BCUT2D eigenvalue weighted by Gasteiger charge is 2.30. The molecule has 1 aromatic rings. The van der Waals surface area contributed by atoms with Gasteiger partial charge in [-0.3, -0.25) is 10.1 Å². The first kappa shape index (κ1) is 20.4. The Labute approximate surface area is 175 Å². The summed E-state index contributed by atoms with van der Waals surface area (Å²) < 4.78 is 10.7. The van der Waals surface area contributed by atoms with Crippen LogP contribution in [0.4, 0.5) is 11.4 Å². The van der Waals surface area contributed by atoms with E-state index in [9.17, 15) is 19.7 Å². The second kappa shape index (κ2) is 8.62. The van der Waals surface area contributed by atoms with Crippen molar-refractivity contribution in [3.05, 3.63) is 65.1 Å². The maximum Gasteiger partial charge on any atom is 0.355 e. The molecule has 2 rings (SSSR count). The molecule has 0 bridgehead atoms. The number of hydrogen-bond acceptors (Lipinski definition) is 7. The molecule has 0 N–H and O–H groups in total. The van der Waals surface area contributed by atoms with Gasteiger partial charge in [-0.05, 0) is 57.3 Å². The van der Waals surface area contributed by atoms with Crippen molar-refractivity contribution in [3.63, 3.8) is 0 Å². The number of carbonyl (C=O) groups is 2. The van der Waals surface area contributed by atoms with Gasteiger partial charge in [-0.1, -0.05) is 6.08 Å². The fourth-order valence-electron chi connectivity index (χ4n) is 2.22. The number of anilines is 1. The first-order valence-corrected chi connectivity index (χ1v) is 9.16. The molecule has 1 aliphatic rings. The molecule has 0 unspecified atom stereocenters. The number of ether oxygens (including phenoxy) is 2. The molecule has 1 heterocycles. The van der Waals surface area contributed by atoms with Gasteiger partial charge < -0.3 is 14.4 Å². The number of benzene rings is 1. The number of carbonyl (C=O) groups excluding carboxylic acids is 2. The number of halogens is 2. The summed E-state index contributed by atoms with van der Waals surface area (Å²) in [6.07, 6.45) is 6.23. The molecule has 0 amide bonds. The van der Waals surface area contributed by atoms with E-state index < -0.39 is 16.9 Å². The maximum absolute atomic E-state index is 12.4. The standard InChI is InChI=1S/C16H12I2N2O6/c1-25-15(21)10-5-3-4-6-19(13(10)16(22)26-2)14-11(17)7-9(20(23)24)8-12(14)18/h3-8H,1-2H3. The van der Waals surface area contributed by atoms with Crippen molar-refractivity contribution >= 4 is 68.5 Å². The van der Waals surface area contributed by atoms with Crippen LogP contribution in [0.1, 0.15) is 0 Å². The van der Waals surface area contributed by atoms with Crippen molar-refractivity contribution in [2.75, 3.05) is 19.1 Å². The number of esters is 2. The van der Waals surface area contributed by atoms with Crippen molar-refractivity contribution in [3.8, 4) is 0 Å². The van der Waals surface area contributed by atoms with E-state index in [1.54, 1.807) is 18.4 Å². The molecule has 0 saturated heterocycles. The van der Waals surface area contributed by atoms with E-state index in [-0.39, 0.29) is 17.0 Å². The van der Waals surface area contributed by atoms with Crippen molar-refractivity contribution in [1.82, 2.24) is 0 Å². The molecule has 8 nitrogen and oxygen atoms in total. The van der Waals surface area contributed by atoms with Crippen molar-refractivity contribution in [2.45, 2.75) is 0 Å². The summed E-state index contributed by atoms with van der Waals surface area (Å²) in [5.41, 5.74) is 0.401. The van der Waals surface area contributed by atoms with E-state index in [2.05, 4.69) is 0 Å². The molecule has 0 fully saturated rings. The van der Waals surface area contributed by atoms with Crippen molar-refractivity contribution < 1.29 is 24.0 Å². The van der Waals surface area contributed by atoms with Crippen LogP contribution in [0.25, 0.3) is 0 Å². The van der Waals surface area contributed by atoms with Gasteiger partial charge in [-0.15, -0.1) is 0 Å². The Morgan fingerprint density at radius 3 is 2.15 bits per heavy atom. The number of nitro benzene ring substituents is 1. The van der Waals surface area contributed by atoms with Crippen LogP contribution in [0.5, 0.6) is 0 Å². The van der Waals surface area contributed by atoms with Gasteiger partial charge in [0.25, 0.3) is 5.69 Å². The highest BCUT2D eigenvalue weighted by Crippen LogP contribution is 2.36. The summed E-state index contributed by atoms with van der Waals surface area (Å²) >= 11 is 3.89. The minimum atomic E-state index is -0.744. The Hall–Kier alpha value is -1.96. The number of nitro groups is 1. The van der Waals surface area contributed by atoms with E-state index >= 15 is 0 Å². The molecule has 0 spiro atoms. The number of nitrogens with zero attached hydrogens (tertiary/aromatic N) is 2. The second-order valence-electron chi connectivity index (χ2n) is 4.83. The minimum Gasteiger partial charge on any atom is -0.465 e. The first-order chi connectivity index (χ1) is 12.3. The van der Waals surface area contributed by atoms with Crippen LogP contribution in [0.2, 0.25) is 0 Å². The number of allylic oxidation sites excluding steroid dienone is 2. The second-order valence-corrected chi connectivity index (χ2v) is 7.16. The first-order valence-electron chi connectivity index (χ1n) is 7.00. The van der Waals surface area contributed by atoms with E-state index in [1.807, 2.05) is 45.2 Å². The van der Waals surface area contributed by atoms with Gasteiger partial charge in [0.15, 0.2) is 0 Å². The normalized spacial score (nSPS) is 13.5. The van der Waals surface area contributed by atoms with Gasteiger partial charge >= 0.3 is 11.9 Å². The van der Waals surface area contributed by atoms with E-state index in [1.165, 1.54) is 37.3 Å². The Bertz CT molecular complexity index is 852. The molecular formula is C16H12I2N2O6. The average molecular weight is 582 g/mol. The lowest BCUT2D eigenvalue weighted by Gasteiger charge is -2.25.